The molecule has 3 rings (SSSR count). The van der Waals surface area contributed by atoms with Crippen molar-refractivity contribution in [2.24, 2.45) is 0 Å². The van der Waals surface area contributed by atoms with Gasteiger partial charge >= 0.3 is 0 Å². The molecule has 2 nitrogen and oxygen atoms in total. The fourth-order valence-corrected chi connectivity index (χ4v) is 2.61. The molecule has 0 N–H and O–H groups in total. The second-order valence-electron chi connectivity index (χ2n) is 5.00. The van der Waals surface area contributed by atoms with Crippen LogP contribution >= 0.6 is 0 Å². The van der Waals surface area contributed by atoms with Crippen molar-refractivity contribution in [1.29, 1.82) is 0 Å². The lowest BCUT2D eigenvalue weighted by atomic mass is 10.1. The Kier molecular flexibility index (Phi) is 2.86. The third-order valence-corrected chi connectivity index (χ3v) is 3.63. The molecule has 0 bridgehead atoms. The zero-order chi connectivity index (χ0) is 13.4. The van der Waals surface area contributed by atoms with Gasteiger partial charge in [0.25, 0.3) is 0 Å². The van der Waals surface area contributed by atoms with Crippen LogP contribution in [0.15, 0.2) is 42.5 Å². The molecule has 0 atom stereocenters. The molecule has 0 amide bonds. The van der Waals surface area contributed by atoms with Crippen molar-refractivity contribution in [2.45, 2.75) is 27.2 Å². The number of aryl methyl sites for hydroxylation is 3. The lowest BCUT2D eigenvalue weighted by Crippen LogP contribution is -1.96. The maximum Gasteiger partial charge on any atom is 0.0746 e. The topological polar surface area (TPSA) is 17.8 Å². The predicted octanol–water partition coefficient (Wildman–Crippen LogP) is 4.20. The number of fused-ring (bicyclic) bond motifs is 1. The van der Waals surface area contributed by atoms with E-state index in [-0.39, 0.29) is 0 Å². The van der Waals surface area contributed by atoms with Crippen molar-refractivity contribution < 1.29 is 0 Å². The lowest BCUT2D eigenvalue weighted by Gasteiger charge is -2.05. The van der Waals surface area contributed by atoms with Crippen molar-refractivity contribution in [1.82, 2.24) is 9.78 Å². The molecule has 3 aromatic rings. The van der Waals surface area contributed by atoms with E-state index in [0.29, 0.717) is 0 Å². The van der Waals surface area contributed by atoms with Gasteiger partial charge in [0.1, 0.15) is 0 Å². The standard InChI is InChI=1S/C17H18N2/c1-4-14-6-5-7-16-17(14)13(3)18-19(16)15-10-8-12(2)9-11-15/h5-11H,4H2,1-3H3. The van der Waals surface area contributed by atoms with Crippen molar-refractivity contribution >= 4 is 10.9 Å². The Balaban J connectivity index is 2.28. The van der Waals surface area contributed by atoms with Crippen LogP contribution in [-0.4, -0.2) is 9.78 Å². The number of hydrogen-bond donors (Lipinski definition) is 0. The summed E-state index contributed by atoms with van der Waals surface area (Å²) in [5, 5.41) is 6.01. The summed E-state index contributed by atoms with van der Waals surface area (Å²) in [7, 11) is 0. The van der Waals surface area contributed by atoms with Gasteiger partial charge in [-0.15, -0.1) is 0 Å². The average Bonchev–Trinajstić information content (AvgIpc) is 2.77. The normalized spacial score (nSPS) is 11.1. The first-order valence-corrected chi connectivity index (χ1v) is 6.75. The molecule has 1 heterocycles. The highest BCUT2D eigenvalue weighted by Crippen LogP contribution is 2.25. The second-order valence-corrected chi connectivity index (χ2v) is 5.00. The number of hydrogen-bond acceptors (Lipinski definition) is 1. The van der Waals surface area contributed by atoms with Crippen molar-refractivity contribution in [2.75, 3.05) is 0 Å². The van der Waals surface area contributed by atoms with Gasteiger partial charge in [0, 0.05) is 5.39 Å². The Morgan fingerprint density at radius 2 is 1.74 bits per heavy atom. The Bertz CT molecular complexity index is 721. The fraction of sp³-hybridized carbons (Fsp3) is 0.235. The van der Waals surface area contributed by atoms with Crippen LogP contribution < -0.4 is 0 Å². The largest absolute Gasteiger partial charge is 0.233 e. The van der Waals surface area contributed by atoms with Gasteiger partial charge in [-0.05, 0) is 44.0 Å². The van der Waals surface area contributed by atoms with Gasteiger partial charge in [0.2, 0.25) is 0 Å². The molecule has 0 saturated heterocycles. The van der Waals surface area contributed by atoms with E-state index in [1.54, 1.807) is 0 Å². The summed E-state index contributed by atoms with van der Waals surface area (Å²) in [6.07, 6.45) is 1.04. The van der Waals surface area contributed by atoms with E-state index in [1.165, 1.54) is 22.0 Å². The summed E-state index contributed by atoms with van der Waals surface area (Å²) in [5.41, 5.74) is 6.06. The van der Waals surface area contributed by atoms with E-state index < -0.39 is 0 Å². The van der Waals surface area contributed by atoms with Gasteiger partial charge in [-0.2, -0.15) is 5.10 Å². The van der Waals surface area contributed by atoms with Crippen LogP contribution in [0.3, 0.4) is 0 Å². The van der Waals surface area contributed by atoms with E-state index in [2.05, 4.69) is 63.2 Å². The molecule has 0 radical (unpaired) electrons. The number of nitrogens with zero attached hydrogens (tertiary/aromatic N) is 2. The van der Waals surface area contributed by atoms with Crippen LogP contribution in [0.25, 0.3) is 16.6 Å². The van der Waals surface area contributed by atoms with Crippen LogP contribution in [0, 0.1) is 13.8 Å². The maximum atomic E-state index is 4.71. The summed E-state index contributed by atoms with van der Waals surface area (Å²) in [6.45, 7) is 6.38. The molecule has 1 aromatic heterocycles. The third kappa shape index (κ3) is 1.93. The van der Waals surface area contributed by atoms with E-state index in [4.69, 9.17) is 5.10 Å². The summed E-state index contributed by atoms with van der Waals surface area (Å²) in [4.78, 5) is 0. The molecular formula is C17H18N2. The molecule has 2 heteroatoms. The van der Waals surface area contributed by atoms with E-state index in [0.717, 1.165) is 17.8 Å². The van der Waals surface area contributed by atoms with Crippen molar-refractivity contribution in [3.05, 3.63) is 59.3 Å². The molecule has 0 spiro atoms. The fourth-order valence-electron chi connectivity index (χ4n) is 2.61. The van der Waals surface area contributed by atoms with E-state index in [1.807, 2.05) is 4.68 Å². The van der Waals surface area contributed by atoms with Gasteiger partial charge in [-0.25, -0.2) is 4.68 Å². The van der Waals surface area contributed by atoms with Crippen LogP contribution in [-0.2, 0) is 6.42 Å². The maximum absolute atomic E-state index is 4.71. The Hall–Kier alpha value is -2.09. The third-order valence-electron chi connectivity index (χ3n) is 3.63. The van der Waals surface area contributed by atoms with Gasteiger partial charge in [-0.3, -0.25) is 0 Å². The minimum atomic E-state index is 1.04. The predicted molar refractivity (Wildman–Crippen MR) is 79.9 cm³/mol. The first kappa shape index (κ1) is 12.0. The zero-order valence-corrected chi connectivity index (χ0v) is 11.6. The summed E-state index contributed by atoms with van der Waals surface area (Å²) in [6, 6.07) is 15.0. The van der Waals surface area contributed by atoms with Gasteiger partial charge < -0.3 is 0 Å². The minimum absolute atomic E-state index is 1.04. The van der Waals surface area contributed by atoms with Crippen LogP contribution in [0.1, 0.15) is 23.7 Å². The first-order valence-electron chi connectivity index (χ1n) is 6.75. The highest BCUT2D eigenvalue weighted by Gasteiger charge is 2.11. The van der Waals surface area contributed by atoms with Crippen molar-refractivity contribution in [3.63, 3.8) is 0 Å². The molecule has 0 saturated carbocycles. The molecule has 0 aliphatic rings. The Labute approximate surface area is 113 Å². The Morgan fingerprint density at radius 3 is 2.42 bits per heavy atom. The summed E-state index contributed by atoms with van der Waals surface area (Å²) < 4.78 is 2.04. The molecular weight excluding hydrogens is 232 g/mol. The van der Waals surface area contributed by atoms with Gasteiger partial charge in [-0.1, -0.05) is 36.8 Å². The lowest BCUT2D eigenvalue weighted by molar-refractivity contribution is 0.888. The highest BCUT2D eigenvalue weighted by atomic mass is 15.3. The first-order chi connectivity index (χ1) is 9.20. The van der Waals surface area contributed by atoms with E-state index in [9.17, 15) is 0 Å². The molecule has 19 heavy (non-hydrogen) atoms. The SMILES string of the molecule is CCc1cccc2c1c(C)nn2-c1ccc(C)cc1. The zero-order valence-electron chi connectivity index (χ0n) is 11.6. The second kappa shape index (κ2) is 4.54. The van der Waals surface area contributed by atoms with Gasteiger partial charge in [0.05, 0.1) is 16.9 Å². The molecule has 2 aromatic carbocycles. The monoisotopic (exact) mass is 250 g/mol. The van der Waals surface area contributed by atoms with Crippen LogP contribution in [0.5, 0.6) is 0 Å². The number of benzene rings is 2. The highest BCUT2D eigenvalue weighted by molar-refractivity contribution is 5.86. The molecule has 0 unspecified atom stereocenters. The van der Waals surface area contributed by atoms with Gasteiger partial charge in [0.15, 0.2) is 0 Å². The van der Waals surface area contributed by atoms with Crippen LogP contribution in [0.2, 0.25) is 0 Å². The van der Waals surface area contributed by atoms with E-state index >= 15 is 0 Å². The summed E-state index contributed by atoms with van der Waals surface area (Å²) >= 11 is 0. The molecule has 0 aliphatic carbocycles. The number of rotatable bonds is 2. The molecule has 0 aliphatic heterocycles. The smallest absolute Gasteiger partial charge is 0.0746 e. The Morgan fingerprint density at radius 1 is 1.00 bits per heavy atom. The minimum Gasteiger partial charge on any atom is -0.233 e. The quantitative estimate of drug-likeness (QED) is 0.666. The van der Waals surface area contributed by atoms with Crippen molar-refractivity contribution in [3.8, 4) is 5.69 Å². The molecule has 96 valence electrons. The summed E-state index contributed by atoms with van der Waals surface area (Å²) in [5.74, 6) is 0. The average molecular weight is 250 g/mol. The van der Waals surface area contributed by atoms with Crippen LogP contribution in [0.4, 0.5) is 0 Å². The molecule has 0 fully saturated rings. The number of aromatic nitrogens is 2.